The van der Waals surface area contributed by atoms with Crippen LogP contribution in [0.2, 0.25) is 0 Å². The van der Waals surface area contributed by atoms with Crippen molar-refractivity contribution >= 4 is 5.91 Å². The van der Waals surface area contributed by atoms with Gasteiger partial charge in [-0.3, -0.25) is 4.79 Å². The van der Waals surface area contributed by atoms with Crippen LogP contribution in [0.3, 0.4) is 0 Å². The molecule has 0 aromatic carbocycles. The van der Waals surface area contributed by atoms with E-state index in [1.807, 2.05) is 0 Å². The number of hydrogen-bond donors (Lipinski definition) is 3. The Hall–Kier alpha value is -0.650. The van der Waals surface area contributed by atoms with Crippen LogP contribution in [0.4, 0.5) is 0 Å². The largest absolute Gasteiger partial charge is 0.393 e. The van der Waals surface area contributed by atoms with Gasteiger partial charge in [-0.15, -0.1) is 0 Å². The Kier molecular flexibility index (Phi) is 3.23. The second kappa shape index (κ2) is 4.47. The molecule has 1 saturated heterocycles. The van der Waals surface area contributed by atoms with E-state index in [9.17, 15) is 4.79 Å². The second-order valence-electron chi connectivity index (χ2n) is 4.39. The average molecular weight is 214 g/mol. The van der Waals surface area contributed by atoms with Gasteiger partial charge in [-0.25, -0.2) is 0 Å². The smallest absolute Gasteiger partial charge is 0.249 e. The Morgan fingerprint density at radius 3 is 2.73 bits per heavy atom. The maximum atomic E-state index is 11.7. The summed E-state index contributed by atoms with van der Waals surface area (Å²) in [7, 11) is 0. The Morgan fingerprint density at radius 2 is 2.20 bits per heavy atom. The van der Waals surface area contributed by atoms with Crippen LogP contribution in [0, 0.1) is 0 Å². The molecule has 2 rings (SSSR count). The minimum atomic E-state index is -0.337. The molecule has 2 fully saturated rings. The molecule has 0 spiro atoms. The number of hydrogen-bond acceptors (Lipinski definition) is 4. The van der Waals surface area contributed by atoms with E-state index < -0.39 is 0 Å². The summed E-state index contributed by atoms with van der Waals surface area (Å²) in [6, 6.07) is 0.132. The number of nitrogens with one attached hydrogen (secondary N) is 1. The summed E-state index contributed by atoms with van der Waals surface area (Å²) in [6.07, 6.45) is 2.41. The van der Waals surface area contributed by atoms with Gasteiger partial charge >= 0.3 is 0 Å². The molecule has 2 unspecified atom stereocenters. The fourth-order valence-corrected chi connectivity index (χ4v) is 2.07. The van der Waals surface area contributed by atoms with E-state index in [-0.39, 0.29) is 30.3 Å². The van der Waals surface area contributed by atoms with Crippen molar-refractivity contribution in [2.75, 3.05) is 6.54 Å². The average Bonchev–Trinajstić information content (AvgIpc) is 2.63. The Labute approximate surface area is 89.0 Å². The molecule has 1 aliphatic carbocycles. The molecule has 0 radical (unpaired) electrons. The second-order valence-corrected chi connectivity index (χ2v) is 4.39. The highest BCUT2D eigenvalue weighted by atomic mass is 16.5. The highest BCUT2D eigenvalue weighted by Crippen LogP contribution is 2.22. The van der Waals surface area contributed by atoms with E-state index >= 15 is 0 Å². The van der Waals surface area contributed by atoms with Gasteiger partial charge in [0.2, 0.25) is 5.91 Å². The van der Waals surface area contributed by atoms with Crippen LogP contribution < -0.4 is 11.1 Å². The zero-order valence-electron chi connectivity index (χ0n) is 8.69. The molecule has 86 valence electrons. The van der Waals surface area contributed by atoms with Crippen molar-refractivity contribution < 1.29 is 14.6 Å². The lowest BCUT2D eigenvalue weighted by molar-refractivity contribution is -0.133. The van der Waals surface area contributed by atoms with Crippen molar-refractivity contribution in [3.05, 3.63) is 0 Å². The van der Waals surface area contributed by atoms with Gasteiger partial charge in [-0.05, 0) is 25.7 Å². The predicted molar refractivity (Wildman–Crippen MR) is 54.1 cm³/mol. The Morgan fingerprint density at radius 1 is 1.47 bits per heavy atom. The third-order valence-corrected chi connectivity index (χ3v) is 3.12. The topological polar surface area (TPSA) is 84.6 Å². The van der Waals surface area contributed by atoms with Gasteiger partial charge in [-0.1, -0.05) is 0 Å². The van der Waals surface area contributed by atoms with Crippen molar-refractivity contribution in [3.8, 4) is 0 Å². The maximum Gasteiger partial charge on any atom is 0.249 e. The molecular formula is C10H18N2O3. The molecule has 0 aromatic rings. The van der Waals surface area contributed by atoms with Crippen LogP contribution in [-0.4, -0.2) is 41.9 Å². The van der Waals surface area contributed by atoms with E-state index in [4.69, 9.17) is 15.6 Å². The monoisotopic (exact) mass is 214 g/mol. The minimum absolute atomic E-state index is 0.0349. The van der Waals surface area contributed by atoms with Crippen LogP contribution in [0.5, 0.6) is 0 Å². The molecule has 0 aromatic heterocycles. The first-order valence-electron chi connectivity index (χ1n) is 5.53. The molecule has 1 heterocycles. The van der Waals surface area contributed by atoms with Gasteiger partial charge in [0, 0.05) is 12.6 Å². The zero-order valence-corrected chi connectivity index (χ0v) is 8.69. The Bertz CT molecular complexity index is 241. The fourth-order valence-electron chi connectivity index (χ4n) is 2.07. The normalized spacial score (nSPS) is 39.9. The zero-order chi connectivity index (χ0) is 10.8. The molecule has 15 heavy (non-hydrogen) atoms. The van der Waals surface area contributed by atoms with Crippen LogP contribution in [-0.2, 0) is 9.53 Å². The highest BCUT2D eigenvalue weighted by molar-refractivity contribution is 5.81. The summed E-state index contributed by atoms with van der Waals surface area (Å²) in [4.78, 5) is 11.7. The number of amides is 1. The van der Waals surface area contributed by atoms with Gasteiger partial charge in [0.1, 0.15) is 6.10 Å². The highest BCUT2D eigenvalue weighted by Gasteiger charge is 2.34. The van der Waals surface area contributed by atoms with E-state index in [0.717, 1.165) is 12.8 Å². The predicted octanol–water partition coefficient (Wildman–Crippen LogP) is -0.868. The lowest BCUT2D eigenvalue weighted by Gasteiger charge is -2.32. The number of nitrogens with two attached hydrogens (primary N) is 1. The first-order valence-corrected chi connectivity index (χ1v) is 5.53. The summed E-state index contributed by atoms with van der Waals surface area (Å²) in [5, 5.41) is 11.9. The van der Waals surface area contributed by atoms with Gasteiger partial charge < -0.3 is 20.9 Å². The third-order valence-electron chi connectivity index (χ3n) is 3.12. The van der Waals surface area contributed by atoms with Crippen molar-refractivity contribution in [1.29, 1.82) is 0 Å². The molecule has 1 aliphatic heterocycles. The molecule has 2 atom stereocenters. The quantitative estimate of drug-likeness (QED) is 0.570. The number of carbonyl (C=O) groups excluding carboxylic acids is 1. The number of rotatable bonds is 3. The van der Waals surface area contributed by atoms with Crippen LogP contribution in [0.1, 0.15) is 25.7 Å². The van der Waals surface area contributed by atoms with E-state index in [0.29, 0.717) is 19.4 Å². The summed E-state index contributed by atoms with van der Waals surface area (Å²) in [6.45, 7) is 0.478. The summed E-state index contributed by atoms with van der Waals surface area (Å²) >= 11 is 0. The van der Waals surface area contributed by atoms with Crippen molar-refractivity contribution in [3.63, 3.8) is 0 Å². The molecule has 1 saturated carbocycles. The maximum absolute atomic E-state index is 11.7. The minimum Gasteiger partial charge on any atom is -0.393 e. The first-order chi connectivity index (χ1) is 7.19. The van der Waals surface area contributed by atoms with Gasteiger partial charge in [-0.2, -0.15) is 0 Å². The van der Waals surface area contributed by atoms with Crippen molar-refractivity contribution in [1.82, 2.24) is 5.32 Å². The van der Waals surface area contributed by atoms with E-state index in [2.05, 4.69) is 5.32 Å². The fraction of sp³-hybridized carbons (Fsp3) is 0.900. The molecule has 4 N–H and O–H groups in total. The number of ether oxygens (including phenoxy) is 1. The molecule has 2 aliphatic rings. The van der Waals surface area contributed by atoms with Gasteiger partial charge in [0.15, 0.2) is 0 Å². The first kappa shape index (κ1) is 10.9. The van der Waals surface area contributed by atoms with Crippen LogP contribution in [0.25, 0.3) is 0 Å². The summed E-state index contributed by atoms with van der Waals surface area (Å²) < 4.78 is 5.47. The molecule has 5 nitrogen and oxygen atoms in total. The standard InChI is InChI=1S/C10H18N2O3/c11-5-8-1-2-9(15-8)10(14)12-6-3-7(13)4-6/h6-9,13H,1-5,11H2,(H,12,14). The number of aliphatic hydroxyl groups excluding tert-OH is 1. The third kappa shape index (κ3) is 2.48. The summed E-state index contributed by atoms with van der Waals surface area (Å²) in [5.74, 6) is -0.0529. The molecule has 0 bridgehead atoms. The molecule has 1 amide bonds. The van der Waals surface area contributed by atoms with Crippen LogP contribution >= 0.6 is 0 Å². The van der Waals surface area contributed by atoms with E-state index in [1.165, 1.54) is 0 Å². The molecular weight excluding hydrogens is 196 g/mol. The van der Waals surface area contributed by atoms with Crippen molar-refractivity contribution in [2.45, 2.75) is 50.0 Å². The summed E-state index contributed by atoms with van der Waals surface area (Å²) in [5.41, 5.74) is 5.46. The Balaban J connectivity index is 1.72. The van der Waals surface area contributed by atoms with E-state index in [1.54, 1.807) is 0 Å². The number of aliphatic hydroxyl groups is 1. The molecule has 5 heteroatoms. The number of carbonyl (C=O) groups is 1. The SMILES string of the molecule is NCC1CCC(C(=O)NC2CC(O)C2)O1. The lowest BCUT2D eigenvalue weighted by Crippen LogP contribution is -2.49. The van der Waals surface area contributed by atoms with Crippen molar-refractivity contribution in [2.24, 2.45) is 5.73 Å². The lowest BCUT2D eigenvalue weighted by atomic mass is 9.89. The van der Waals surface area contributed by atoms with Crippen LogP contribution in [0.15, 0.2) is 0 Å². The van der Waals surface area contributed by atoms with Gasteiger partial charge in [0.25, 0.3) is 0 Å². The van der Waals surface area contributed by atoms with Gasteiger partial charge in [0.05, 0.1) is 12.2 Å².